The van der Waals surface area contributed by atoms with Gasteiger partial charge in [-0.3, -0.25) is 4.79 Å². The van der Waals surface area contributed by atoms with Crippen LogP contribution in [0, 0.1) is 0 Å². The molecule has 5 nitrogen and oxygen atoms in total. The van der Waals surface area contributed by atoms with Crippen molar-refractivity contribution in [2.75, 3.05) is 0 Å². The van der Waals surface area contributed by atoms with E-state index in [9.17, 15) is 4.79 Å². The van der Waals surface area contributed by atoms with Gasteiger partial charge in [-0.25, -0.2) is 4.68 Å². The van der Waals surface area contributed by atoms with Gasteiger partial charge in [0.05, 0.1) is 11.6 Å². The Hall–Kier alpha value is -2.69. The molecule has 1 aromatic heterocycles. The molecule has 0 aliphatic carbocycles. The van der Waals surface area contributed by atoms with Crippen molar-refractivity contribution in [1.82, 2.24) is 20.3 Å². The summed E-state index contributed by atoms with van der Waals surface area (Å²) in [6, 6.07) is 15.3. The number of amides is 1. The number of carbonyl (C=O) groups excluding carboxylic acids is 1. The number of nitrogens with one attached hydrogen (secondary N) is 1. The van der Waals surface area contributed by atoms with Gasteiger partial charge in [-0.1, -0.05) is 35.5 Å². The van der Waals surface area contributed by atoms with Gasteiger partial charge in [0.2, 0.25) is 0 Å². The molecule has 3 aromatic rings. The molecule has 2 aromatic carbocycles. The molecule has 0 aliphatic rings. The molecular weight excluding hydrogens is 276 g/mol. The molecule has 5 heteroatoms. The van der Waals surface area contributed by atoms with E-state index in [1.54, 1.807) is 6.07 Å². The average molecular weight is 294 g/mol. The Kier molecular flexibility index (Phi) is 3.87. The molecule has 0 spiro atoms. The lowest BCUT2D eigenvalue weighted by molar-refractivity contribution is 0.0940. The van der Waals surface area contributed by atoms with Crippen LogP contribution in [0.15, 0.2) is 48.5 Å². The fourth-order valence-electron chi connectivity index (χ4n) is 2.45. The van der Waals surface area contributed by atoms with Crippen molar-refractivity contribution in [2.24, 2.45) is 0 Å². The van der Waals surface area contributed by atoms with Gasteiger partial charge in [-0.15, -0.1) is 5.10 Å². The second-order valence-electron chi connectivity index (χ2n) is 5.21. The van der Waals surface area contributed by atoms with Crippen LogP contribution in [0.1, 0.15) is 35.8 Å². The molecule has 1 atom stereocenters. The zero-order valence-electron chi connectivity index (χ0n) is 12.7. The summed E-state index contributed by atoms with van der Waals surface area (Å²) < 4.78 is 1.81. The fraction of sp³-hybridized carbons (Fsp3) is 0.235. The molecule has 0 unspecified atom stereocenters. The van der Waals surface area contributed by atoms with Crippen LogP contribution in [-0.2, 0) is 6.54 Å². The number of hydrogen-bond donors (Lipinski definition) is 1. The largest absolute Gasteiger partial charge is 0.346 e. The first-order valence-corrected chi connectivity index (χ1v) is 7.38. The molecule has 0 saturated carbocycles. The monoisotopic (exact) mass is 294 g/mol. The third kappa shape index (κ3) is 2.70. The number of aryl methyl sites for hydroxylation is 1. The fourth-order valence-corrected chi connectivity index (χ4v) is 2.45. The van der Waals surface area contributed by atoms with Crippen molar-refractivity contribution in [3.8, 4) is 0 Å². The van der Waals surface area contributed by atoms with E-state index in [4.69, 9.17) is 0 Å². The lowest BCUT2D eigenvalue weighted by Crippen LogP contribution is -2.26. The van der Waals surface area contributed by atoms with E-state index in [1.165, 1.54) is 0 Å². The quantitative estimate of drug-likeness (QED) is 0.805. The summed E-state index contributed by atoms with van der Waals surface area (Å²) in [5.74, 6) is -0.107. The Bertz CT molecular complexity index is 795. The maximum Gasteiger partial charge on any atom is 0.251 e. The molecular formula is C17H18N4O. The van der Waals surface area contributed by atoms with Crippen LogP contribution in [0.5, 0.6) is 0 Å². The highest BCUT2D eigenvalue weighted by molar-refractivity contribution is 5.97. The Morgan fingerprint density at radius 2 is 2.00 bits per heavy atom. The molecule has 112 valence electrons. The van der Waals surface area contributed by atoms with Crippen LogP contribution < -0.4 is 5.32 Å². The van der Waals surface area contributed by atoms with E-state index in [2.05, 4.69) is 15.6 Å². The summed E-state index contributed by atoms with van der Waals surface area (Å²) in [4.78, 5) is 12.4. The predicted molar refractivity (Wildman–Crippen MR) is 85.5 cm³/mol. The lowest BCUT2D eigenvalue weighted by atomic mass is 10.1. The van der Waals surface area contributed by atoms with Gasteiger partial charge in [-0.2, -0.15) is 0 Å². The smallest absolute Gasteiger partial charge is 0.251 e. The minimum absolute atomic E-state index is 0.0456. The molecule has 1 heterocycles. The Balaban J connectivity index is 1.80. The zero-order chi connectivity index (χ0) is 15.5. The van der Waals surface area contributed by atoms with Gasteiger partial charge in [-0.05, 0) is 37.6 Å². The molecule has 22 heavy (non-hydrogen) atoms. The van der Waals surface area contributed by atoms with Crippen LogP contribution in [0.4, 0.5) is 0 Å². The summed E-state index contributed by atoms with van der Waals surface area (Å²) in [5, 5.41) is 11.2. The Morgan fingerprint density at radius 3 is 2.73 bits per heavy atom. The number of hydrogen-bond acceptors (Lipinski definition) is 3. The Morgan fingerprint density at radius 1 is 1.23 bits per heavy atom. The minimum atomic E-state index is -0.107. The Labute approximate surface area is 129 Å². The van der Waals surface area contributed by atoms with Crippen molar-refractivity contribution in [3.05, 3.63) is 59.7 Å². The van der Waals surface area contributed by atoms with E-state index in [-0.39, 0.29) is 11.9 Å². The number of fused-ring (bicyclic) bond motifs is 1. The van der Waals surface area contributed by atoms with Gasteiger partial charge in [0.15, 0.2) is 0 Å². The SMILES string of the molecule is CCn1nnc2cc(C(=O)N[C@@H](C)c3ccccc3)ccc21. The van der Waals surface area contributed by atoms with Crippen molar-refractivity contribution in [2.45, 2.75) is 26.4 Å². The maximum atomic E-state index is 12.4. The van der Waals surface area contributed by atoms with Crippen LogP contribution in [0.3, 0.4) is 0 Å². The van der Waals surface area contributed by atoms with Gasteiger partial charge in [0, 0.05) is 12.1 Å². The number of carbonyl (C=O) groups is 1. The summed E-state index contributed by atoms with van der Waals surface area (Å²) in [5.41, 5.74) is 3.35. The molecule has 0 aliphatic heterocycles. The molecule has 3 rings (SSSR count). The third-order valence-corrected chi connectivity index (χ3v) is 3.72. The second kappa shape index (κ2) is 5.97. The van der Waals surface area contributed by atoms with Crippen molar-refractivity contribution in [3.63, 3.8) is 0 Å². The average Bonchev–Trinajstić information content (AvgIpc) is 2.97. The maximum absolute atomic E-state index is 12.4. The second-order valence-corrected chi connectivity index (χ2v) is 5.21. The zero-order valence-corrected chi connectivity index (χ0v) is 12.7. The van der Waals surface area contributed by atoms with Crippen LogP contribution in [-0.4, -0.2) is 20.9 Å². The number of nitrogens with zero attached hydrogens (tertiary/aromatic N) is 3. The summed E-state index contributed by atoms with van der Waals surface area (Å²) in [6.45, 7) is 4.74. The lowest BCUT2D eigenvalue weighted by Gasteiger charge is -2.14. The standard InChI is InChI=1S/C17H18N4O/c1-3-21-16-10-9-14(11-15(16)19-20-21)17(22)18-12(2)13-7-5-4-6-8-13/h4-12H,3H2,1-2H3,(H,18,22)/t12-/m0/s1. The third-order valence-electron chi connectivity index (χ3n) is 3.72. The van der Waals surface area contributed by atoms with E-state index < -0.39 is 0 Å². The van der Waals surface area contributed by atoms with E-state index in [0.717, 1.165) is 23.1 Å². The first-order valence-electron chi connectivity index (χ1n) is 7.38. The summed E-state index contributed by atoms with van der Waals surface area (Å²) in [6.07, 6.45) is 0. The molecule has 0 fully saturated rings. The summed E-state index contributed by atoms with van der Waals surface area (Å²) >= 11 is 0. The molecule has 0 radical (unpaired) electrons. The number of benzene rings is 2. The molecule has 1 N–H and O–H groups in total. The van der Waals surface area contributed by atoms with Crippen LogP contribution >= 0.6 is 0 Å². The van der Waals surface area contributed by atoms with Gasteiger partial charge in [0.1, 0.15) is 5.52 Å². The van der Waals surface area contributed by atoms with Crippen molar-refractivity contribution >= 4 is 16.9 Å². The molecule has 0 bridgehead atoms. The van der Waals surface area contributed by atoms with E-state index in [0.29, 0.717) is 5.56 Å². The van der Waals surface area contributed by atoms with Gasteiger partial charge < -0.3 is 5.32 Å². The number of aromatic nitrogens is 3. The number of rotatable bonds is 4. The normalized spacial score (nSPS) is 12.3. The van der Waals surface area contributed by atoms with Gasteiger partial charge in [0.25, 0.3) is 5.91 Å². The molecule has 1 amide bonds. The first-order chi connectivity index (χ1) is 10.7. The van der Waals surface area contributed by atoms with Crippen LogP contribution in [0.25, 0.3) is 11.0 Å². The van der Waals surface area contributed by atoms with E-state index in [1.807, 2.05) is 61.0 Å². The van der Waals surface area contributed by atoms with Crippen molar-refractivity contribution in [1.29, 1.82) is 0 Å². The van der Waals surface area contributed by atoms with Gasteiger partial charge >= 0.3 is 0 Å². The topological polar surface area (TPSA) is 59.8 Å². The van der Waals surface area contributed by atoms with Crippen molar-refractivity contribution < 1.29 is 4.79 Å². The highest BCUT2D eigenvalue weighted by atomic mass is 16.1. The highest BCUT2D eigenvalue weighted by Crippen LogP contribution is 2.16. The minimum Gasteiger partial charge on any atom is -0.346 e. The van der Waals surface area contributed by atoms with Crippen LogP contribution in [0.2, 0.25) is 0 Å². The first kappa shape index (κ1) is 14.3. The summed E-state index contributed by atoms with van der Waals surface area (Å²) in [7, 11) is 0. The molecule has 0 saturated heterocycles. The predicted octanol–water partition coefficient (Wildman–Crippen LogP) is 2.94. The highest BCUT2D eigenvalue weighted by Gasteiger charge is 2.13. The van der Waals surface area contributed by atoms with E-state index >= 15 is 0 Å².